The lowest BCUT2D eigenvalue weighted by Crippen LogP contribution is -2.17. The first-order chi connectivity index (χ1) is 6.95. The van der Waals surface area contributed by atoms with Crippen LogP contribution < -0.4 is 5.32 Å². The zero-order chi connectivity index (χ0) is 11.5. The maximum atomic E-state index is 12.5. The van der Waals surface area contributed by atoms with Crippen LogP contribution in [0.15, 0.2) is 18.2 Å². The van der Waals surface area contributed by atoms with Crippen molar-refractivity contribution in [1.29, 1.82) is 0 Å². The molecule has 1 nitrogen and oxygen atoms in total. The number of halogens is 4. The van der Waals surface area contributed by atoms with Gasteiger partial charge in [0.25, 0.3) is 0 Å². The van der Waals surface area contributed by atoms with Gasteiger partial charge in [-0.2, -0.15) is 13.2 Å². The van der Waals surface area contributed by atoms with Gasteiger partial charge in [0, 0.05) is 11.6 Å². The maximum Gasteiger partial charge on any atom is 0.416 e. The molecule has 84 valence electrons. The second kappa shape index (κ2) is 4.86. The Morgan fingerprint density at radius 2 is 2.00 bits per heavy atom. The normalized spacial score (nSPS) is 11.8. The average Bonchev–Trinajstić information content (AvgIpc) is 2.12. The molecule has 0 amide bonds. The average molecular weight is 238 g/mol. The van der Waals surface area contributed by atoms with Crippen molar-refractivity contribution in [2.24, 2.45) is 0 Å². The van der Waals surface area contributed by atoms with E-state index in [4.69, 9.17) is 11.6 Å². The van der Waals surface area contributed by atoms with Crippen LogP contribution in [0, 0.1) is 0 Å². The summed E-state index contributed by atoms with van der Waals surface area (Å²) in [7, 11) is 0. The third-order valence-electron chi connectivity index (χ3n) is 1.94. The Morgan fingerprint density at radius 3 is 2.53 bits per heavy atom. The molecule has 5 heteroatoms. The van der Waals surface area contributed by atoms with Crippen LogP contribution in [0.5, 0.6) is 0 Å². The largest absolute Gasteiger partial charge is 0.416 e. The first-order valence-electron chi connectivity index (χ1n) is 4.51. The van der Waals surface area contributed by atoms with Crippen molar-refractivity contribution in [3.63, 3.8) is 0 Å². The number of hydrogen-bond acceptors (Lipinski definition) is 1. The molecule has 0 aliphatic carbocycles. The predicted molar refractivity (Wildman–Crippen MR) is 53.8 cm³/mol. The van der Waals surface area contributed by atoms with E-state index in [0.29, 0.717) is 11.6 Å². The highest BCUT2D eigenvalue weighted by Gasteiger charge is 2.32. The van der Waals surface area contributed by atoms with Crippen LogP contribution in [0.25, 0.3) is 0 Å². The summed E-state index contributed by atoms with van der Waals surface area (Å²) in [6, 6.07) is 3.60. The highest BCUT2D eigenvalue weighted by atomic mass is 35.5. The van der Waals surface area contributed by atoms with E-state index in [-0.39, 0.29) is 12.1 Å². The Morgan fingerprint density at radius 1 is 1.33 bits per heavy atom. The van der Waals surface area contributed by atoms with Crippen molar-refractivity contribution < 1.29 is 13.2 Å². The van der Waals surface area contributed by atoms with Gasteiger partial charge < -0.3 is 5.32 Å². The maximum absolute atomic E-state index is 12.5. The van der Waals surface area contributed by atoms with Crippen molar-refractivity contribution in [2.45, 2.75) is 19.6 Å². The fourth-order valence-electron chi connectivity index (χ4n) is 1.24. The molecule has 0 spiro atoms. The standard InChI is InChI=1S/C10H11ClF3N/c1-2-15-6-7-5-8(11)3-4-9(7)10(12,13)14/h3-5,15H,2,6H2,1H3. The summed E-state index contributed by atoms with van der Waals surface area (Å²) in [6.45, 7) is 2.62. The molecule has 1 N–H and O–H groups in total. The highest BCUT2D eigenvalue weighted by Crippen LogP contribution is 2.33. The fourth-order valence-corrected chi connectivity index (χ4v) is 1.44. The monoisotopic (exact) mass is 237 g/mol. The SMILES string of the molecule is CCNCc1cc(Cl)ccc1C(F)(F)F. The minimum absolute atomic E-state index is 0.173. The lowest BCUT2D eigenvalue weighted by molar-refractivity contribution is -0.138. The predicted octanol–water partition coefficient (Wildman–Crippen LogP) is 3.47. The molecule has 0 heterocycles. The number of alkyl halides is 3. The number of nitrogens with one attached hydrogen (secondary N) is 1. The Kier molecular flexibility index (Phi) is 3.99. The van der Waals surface area contributed by atoms with Gasteiger partial charge in [0.05, 0.1) is 5.56 Å². The number of hydrogen-bond donors (Lipinski definition) is 1. The van der Waals surface area contributed by atoms with Crippen LogP contribution in [0.4, 0.5) is 13.2 Å². The van der Waals surface area contributed by atoms with Crippen LogP contribution in [0.2, 0.25) is 5.02 Å². The first kappa shape index (κ1) is 12.3. The molecule has 1 rings (SSSR count). The Hall–Kier alpha value is -0.740. The molecular weight excluding hydrogens is 227 g/mol. The van der Waals surface area contributed by atoms with Gasteiger partial charge in [-0.1, -0.05) is 18.5 Å². The fraction of sp³-hybridized carbons (Fsp3) is 0.400. The summed E-state index contributed by atoms with van der Waals surface area (Å²) < 4.78 is 37.6. The van der Waals surface area contributed by atoms with Gasteiger partial charge in [-0.05, 0) is 30.3 Å². The van der Waals surface area contributed by atoms with E-state index in [2.05, 4.69) is 5.32 Å². The summed E-state index contributed by atoms with van der Waals surface area (Å²) in [5, 5.41) is 3.16. The third-order valence-corrected chi connectivity index (χ3v) is 2.17. The summed E-state index contributed by atoms with van der Waals surface area (Å²) in [4.78, 5) is 0. The van der Waals surface area contributed by atoms with Gasteiger partial charge in [-0.25, -0.2) is 0 Å². The molecule has 0 unspecified atom stereocenters. The molecule has 0 saturated carbocycles. The molecule has 0 radical (unpaired) electrons. The summed E-state index contributed by atoms with van der Waals surface area (Å²) in [5.74, 6) is 0. The molecule has 0 atom stereocenters. The summed E-state index contributed by atoms with van der Waals surface area (Å²) >= 11 is 5.65. The topological polar surface area (TPSA) is 12.0 Å². The smallest absolute Gasteiger partial charge is 0.313 e. The molecule has 1 aromatic rings. The quantitative estimate of drug-likeness (QED) is 0.849. The number of benzene rings is 1. The van der Waals surface area contributed by atoms with Gasteiger partial charge >= 0.3 is 6.18 Å². The molecule has 0 aliphatic heterocycles. The zero-order valence-corrected chi connectivity index (χ0v) is 8.91. The molecule has 0 aliphatic rings. The third kappa shape index (κ3) is 3.39. The van der Waals surface area contributed by atoms with Crippen LogP contribution in [-0.4, -0.2) is 6.54 Å². The minimum Gasteiger partial charge on any atom is -0.313 e. The number of rotatable bonds is 3. The minimum atomic E-state index is -4.32. The highest BCUT2D eigenvalue weighted by molar-refractivity contribution is 6.30. The lowest BCUT2D eigenvalue weighted by atomic mass is 10.1. The van der Waals surface area contributed by atoms with Crippen molar-refractivity contribution in [3.05, 3.63) is 34.3 Å². The summed E-state index contributed by atoms with van der Waals surface area (Å²) in [5.41, 5.74) is -0.454. The van der Waals surface area contributed by atoms with Crippen molar-refractivity contribution in [3.8, 4) is 0 Å². The molecule has 15 heavy (non-hydrogen) atoms. The van der Waals surface area contributed by atoms with Gasteiger partial charge in [0.2, 0.25) is 0 Å². The van der Waals surface area contributed by atoms with Crippen LogP contribution >= 0.6 is 11.6 Å². The van der Waals surface area contributed by atoms with Crippen LogP contribution in [0.3, 0.4) is 0 Å². The van der Waals surface area contributed by atoms with Gasteiger partial charge in [0.1, 0.15) is 0 Å². The van der Waals surface area contributed by atoms with Crippen LogP contribution in [0.1, 0.15) is 18.1 Å². The van der Waals surface area contributed by atoms with Crippen molar-refractivity contribution in [1.82, 2.24) is 5.32 Å². The molecule has 0 aromatic heterocycles. The van der Waals surface area contributed by atoms with Crippen LogP contribution in [-0.2, 0) is 12.7 Å². The Balaban J connectivity index is 3.03. The van der Waals surface area contributed by atoms with E-state index in [1.165, 1.54) is 12.1 Å². The van der Waals surface area contributed by atoms with E-state index in [9.17, 15) is 13.2 Å². The Bertz CT molecular complexity index is 336. The van der Waals surface area contributed by atoms with Crippen molar-refractivity contribution >= 4 is 11.6 Å². The van der Waals surface area contributed by atoms with E-state index in [1.807, 2.05) is 6.92 Å². The van der Waals surface area contributed by atoms with E-state index in [1.54, 1.807) is 0 Å². The van der Waals surface area contributed by atoms with Crippen molar-refractivity contribution in [2.75, 3.05) is 6.54 Å². The molecule has 0 fully saturated rings. The molecular formula is C10H11ClF3N. The second-order valence-corrected chi connectivity index (χ2v) is 3.52. The van der Waals surface area contributed by atoms with E-state index in [0.717, 1.165) is 6.07 Å². The van der Waals surface area contributed by atoms with Gasteiger partial charge in [-0.15, -0.1) is 0 Å². The second-order valence-electron chi connectivity index (χ2n) is 3.08. The first-order valence-corrected chi connectivity index (χ1v) is 4.89. The Labute approximate surface area is 91.2 Å². The molecule has 0 bridgehead atoms. The zero-order valence-electron chi connectivity index (χ0n) is 8.16. The molecule has 0 saturated heterocycles. The van der Waals surface area contributed by atoms with Gasteiger partial charge in [0.15, 0.2) is 0 Å². The van der Waals surface area contributed by atoms with Gasteiger partial charge in [-0.3, -0.25) is 0 Å². The lowest BCUT2D eigenvalue weighted by Gasteiger charge is -2.13. The van der Waals surface area contributed by atoms with E-state index >= 15 is 0 Å². The summed E-state index contributed by atoms with van der Waals surface area (Å²) in [6.07, 6.45) is -4.32. The molecule has 1 aromatic carbocycles. The van der Waals surface area contributed by atoms with E-state index < -0.39 is 11.7 Å².